The Balaban J connectivity index is 1.85. The summed E-state index contributed by atoms with van der Waals surface area (Å²) < 4.78 is 6.11. The number of amides is 2. The lowest BCUT2D eigenvalue weighted by Crippen LogP contribution is -2.49. The number of aromatic amines is 1. The first kappa shape index (κ1) is 15.0. The van der Waals surface area contributed by atoms with Gasteiger partial charge < -0.3 is 10.6 Å². The number of hydrogen-bond donors (Lipinski definition) is 2. The number of primary amides is 1. The lowest BCUT2D eigenvalue weighted by Gasteiger charge is -2.29. The SMILES string of the molecule is NC(=O)C1CCN(C(=O)c2c(=O)o[nH][n+]2-c2ccccc2)CC1. The van der Waals surface area contributed by atoms with Crippen LogP contribution in [0, 0.1) is 5.92 Å². The lowest BCUT2D eigenvalue weighted by molar-refractivity contribution is -0.672. The number of rotatable bonds is 3. The van der Waals surface area contributed by atoms with Gasteiger partial charge in [0.1, 0.15) is 0 Å². The highest BCUT2D eigenvalue weighted by atomic mass is 16.5. The van der Waals surface area contributed by atoms with Gasteiger partial charge in [-0.1, -0.05) is 18.2 Å². The van der Waals surface area contributed by atoms with Crippen LogP contribution in [0.5, 0.6) is 0 Å². The maximum atomic E-state index is 12.7. The van der Waals surface area contributed by atoms with Crippen molar-refractivity contribution < 1.29 is 18.8 Å². The number of likely N-dealkylation sites (tertiary alicyclic amines) is 1. The fourth-order valence-corrected chi connectivity index (χ4v) is 2.73. The predicted molar refractivity (Wildman–Crippen MR) is 78.7 cm³/mol. The van der Waals surface area contributed by atoms with Crippen LogP contribution in [-0.4, -0.2) is 35.1 Å². The molecular weight excluding hydrogens is 300 g/mol. The van der Waals surface area contributed by atoms with Crippen molar-refractivity contribution in [2.24, 2.45) is 11.7 Å². The van der Waals surface area contributed by atoms with E-state index in [1.165, 1.54) is 4.68 Å². The molecule has 0 saturated carbocycles. The van der Waals surface area contributed by atoms with E-state index in [4.69, 9.17) is 10.3 Å². The molecule has 1 aliphatic heterocycles. The number of H-pyrrole nitrogens is 1. The first-order chi connectivity index (χ1) is 11.1. The van der Waals surface area contributed by atoms with Crippen LogP contribution < -0.4 is 16.0 Å². The van der Waals surface area contributed by atoms with Gasteiger partial charge in [-0.25, -0.2) is 4.79 Å². The number of nitrogens with two attached hydrogens (primary N) is 1. The van der Waals surface area contributed by atoms with E-state index in [2.05, 4.69) is 5.27 Å². The van der Waals surface area contributed by atoms with Crippen LogP contribution in [-0.2, 0) is 4.79 Å². The van der Waals surface area contributed by atoms with Gasteiger partial charge in [0.25, 0.3) is 0 Å². The number of piperidine rings is 1. The Morgan fingerprint density at radius 1 is 1.22 bits per heavy atom. The summed E-state index contributed by atoms with van der Waals surface area (Å²) in [6, 6.07) is 8.92. The van der Waals surface area contributed by atoms with E-state index >= 15 is 0 Å². The molecule has 120 valence electrons. The van der Waals surface area contributed by atoms with Crippen molar-refractivity contribution in [3.8, 4) is 5.69 Å². The minimum atomic E-state index is -0.726. The monoisotopic (exact) mass is 317 g/mol. The van der Waals surface area contributed by atoms with Crippen molar-refractivity contribution in [3.63, 3.8) is 0 Å². The molecule has 2 amide bonds. The zero-order chi connectivity index (χ0) is 16.4. The average Bonchev–Trinajstić information content (AvgIpc) is 2.96. The molecule has 0 radical (unpaired) electrons. The molecule has 23 heavy (non-hydrogen) atoms. The Hall–Kier alpha value is -2.90. The molecule has 3 N–H and O–H groups in total. The van der Waals surface area contributed by atoms with Crippen molar-refractivity contribution in [1.29, 1.82) is 0 Å². The molecule has 1 aromatic carbocycles. The zero-order valence-electron chi connectivity index (χ0n) is 12.4. The van der Waals surface area contributed by atoms with E-state index < -0.39 is 11.5 Å². The van der Waals surface area contributed by atoms with Crippen LogP contribution in [0.4, 0.5) is 0 Å². The number of nitrogens with one attached hydrogen (secondary N) is 1. The third kappa shape index (κ3) is 2.87. The summed E-state index contributed by atoms with van der Waals surface area (Å²) in [5, 5.41) is 2.44. The Labute approximate surface area is 131 Å². The van der Waals surface area contributed by atoms with Crippen molar-refractivity contribution >= 4 is 11.8 Å². The molecule has 1 saturated heterocycles. The van der Waals surface area contributed by atoms with E-state index in [0.29, 0.717) is 31.6 Å². The number of carbonyl (C=O) groups excluding carboxylic acids is 2. The number of hydrogen-bond acceptors (Lipinski definition) is 4. The molecule has 2 heterocycles. The molecule has 0 bridgehead atoms. The van der Waals surface area contributed by atoms with E-state index in [1.54, 1.807) is 29.2 Å². The standard InChI is InChI=1S/C15H16N4O4/c16-13(20)10-6-8-18(9-7-10)14(21)12-15(22)23-17-19(12)11-4-2-1-3-5-11/h1-5,10H,6-9H2,(H2-,16,17,20,21,22)/p+1. The van der Waals surface area contributed by atoms with Gasteiger partial charge in [-0.05, 0) is 22.8 Å². The van der Waals surface area contributed by atoms with Gasteiger partial charge in [0.15, 0.2) is 0 Å². The highest BCUT2D eigenvalue weighted by Gasteiger charge is 2.36. The Morgan fingerprint density at radius 3 is 2.48 bits per heavy atom. The van der Waals surface area contributed by atoms with Gasteiger partial charge in [0.2, 0.25) is 11.6 Å². The highest BCUT2D eigenvalue weighted by Crippen LogP contribution is 2.17. The second-order valence-corrected chi connectivity index (χ2v) is 5.47. The minimum absolute atomic E-state index is 0.0891. The summed E-state index contributed by atoms with van der Waals surface area (Å²) in [6.45, 7) is 0.762. The van der Waals surface area contributed by atoms with Crippen LogP contribution in [0.1, 0.15) is 23.3 Å². The Kier molecular flexibility index (Phi) is 3.96. The average molecular weight is 317 g/mol. The first-order valence-electron chi connectivity index (χ1n) is 7.35. The Bertz CT molecular complexity index is 772. The number of benzene rings is 1. The van der Waals surface area contributed by atoms with Crippen LogP contribution in [0.2, 0.25) is 0 Å². The summed E-state index contributed by atoms with van der Waals surface area (Å²) in [5.74, 6) is -0.993. The second kappa shape index (κ2) is 6.07. The van der Waals surface area contributed by atoms with Gasteiger partial charge in [-0.2, -0.15) is 0 Å². The van der Waals surface area contributed by atoms with E-state index in [0.717, 1.165) is 0 Å². The molecule has 1 aliphatic rings. The van der Waals surface area contributed by atoms with E-state index in [-0.39, 0.29) is 17.5 Å². The second-order valence-electron chi connectivity index (χ2n) is 5.47. The first-order valence-corrected chi connectivity index (χ1v) is 7.35. The summed E-state index contributed by atoms with van der Waals surface area (Å²) in [6.07, 6.45) is 1.00. The van der Waals surface area contributed by atoms with Crippen molar-refractivity contribution in [2.45, 2.75) is 12.8 Å². The minimum Gasteiger partial charge on any atom is -0.369 e. The van der Waals surface area contributed by atoms with Gasteiger partial charge in [-0.3, -0.25) is 14.1 Å². The maximum Gasteiger partial charge on any atom is 0.441 e. The Morgan fingerprint density at radius 2 is 1.87 bits per heavy atom. The largest absolute Gasteiger partial charge is 0.441 e. The van der Waals surface area contributed by atoms with Crippen molar-refractivity contribution in [3.05, 3.63) is 46.4 Å². The molecular formula is C15H17N4O4+. The summed E-state index contributed by atoms with van der Waals surface area (Å²) >= 11 is 0. The van der Waals surface area contributed by atoms with Gasteiger partial charge in [0, 0.05) is 31.1 Å². The quantitative estimate of drug-likeness (QED) is 0.749. The van der Waals surface area contributed by atoms with Crippen molar-refractivity contribution in [1.82, 2.24) is 10.2 Å². The van der Waals surface area contributed by atoms with E-state index in [1.807, 2.05) is 6.07 Å². The number of carbonyl (C=O) groups is 2. The van der Waals surface area contributed by atoms with Crippen LogP contribution in [0.25, 0.3) is 5.69 Å². The topological polar surface area (TPSA) is 113 Å². The third-order valence-electron chi connectivity index (χ3n) is 4.05. The molecule has 8 heteroatoms. The molecule has 0 spiro atoms. The highest BCUT2D eigenvalue weighted by molar-refractivity contribution is 5.90. The maximum absolute atomic E-state index is 12.7. The number of para-hydroxylation sites is 1. The van der Waals surface area contributed by atoms with Crippen molar-refractivity contribution in [2.75, 3.05) is 13.1 Å². The van der Waals surface area contributed by atoms with E-state index in [9.17, 15) is 14.4 Å². The molecule has 3 rings (SSSR count). The fourth-order valence-electron chi connectivity index (χ4n) is 2.73. The molecule has 0 atom stereocenters. The van der Waals surface area contributed by atoms with Crippen LogP contribution in [0.3, 0.4) is 0 Å². The molecule has 0 aliphatic carbocycles. The molecule has 1 fully saturated rings. The van der Waals surface area contributed by atoms with Gasteiger partial charge >= 0.3 is 17.2 Å². The predicted octanol–water partition coefficient (Wildman–Crippen LogP) is -0.418. The summed E-state index contributed by atoms with van der Waals surface area (Å²) in [4.78, 5) is 37.3. The fraction of sp³-hybridized carbons (Fsp3) is 0.333. The normalized spacial score (nSPS) is 15.6. The molecule has 8 nitrogen and oxygen atoms in total. The van der Waals surface area contributed by atoms with Crippen LogP contribution >= 0.6 is 0 Å². The molecule has 0 unspecified atom stereocenters. The summed E-state index contributed by atoms with van der Waals surface area (Å²) in [7, 11) is 0. The molecule has 1 aromatic heterocycles. The van der Waals surface area contributed by atoms with Gasteiger partial charge in [-0.15, -0.1) is 0 Å². The number of aromatic nitrogens is 2. The third-order valence-corrected chi connectivity index (χ3v) is 4.05. The van der Waals surface area contributed by atoms with Crippen LogP contribution in [0.15, 0.2) is 39.6 Å². The summed E-state index contributed by atoms with van der Waals surface area (Å²) in [5.41, 5.74) is 5.10. The lowest BCUT2D eigenvalue weighted by atomic mass is 9.96. The number of nitrogens with zero attached hydrogens (tertiary/aromatic N) is 2. The molecule has 2 aromatic rings. The zero-order valence-corrected chi connectivity index (χ0v) is 12.4. The van der Waals surface area contributed by atoms with Gasteiger partial charge in [0.05, 0.1) is 0 Å². The smallest absolute Gasteiger partial charge is 0.369 e.